The first-order chi connectivity index (χ1) is 9.79. The fourth-order valence-corrected chi connectivity index (χ4v) is 1.59. The van der Waals surface area contributed by atoms with Crippen LogP contribution in [0.1, 0.15) is 20.8 Å². The summed E-state index contributed by atoms with van der Waals surface area (Å²) < 4.78 is 0. The first-order valence-electron chi connectivity index (χ1n) is 6.47. The number of benzene rings is 1. The first kappa shape index (κ1) is 16.5. The molecule has 2 atom stereocenters. The Morgan fingerprint density at radius 2 is 1.67 bits per heavy atom. The molecule has 0 aliphatic heterocycles. The van der Waals surface area contributed by atoms with E-state index < -0.39 is 24.0 Å². The predicted octanol–water partition coefficient (Wildman–Crippen LogP) is 1.88. The molecule has 4 N–H and O–H groups in total. The van der Waals surface area contributed by atoms with Gasteiger partial charge < -0.3 is 21.1 Å². The normalized spacial score (nSPS) is 12.9. The van der Waals surface area contributed by atoms with Crippen molar-refractivity contribution in [1.29, 1.82) is 0 Å². The summed E-state index contributed by atoms with van der Waals surface area (Å²) in [6.45, 7) is 4.53. The number of aliphatic carboxylic acids is 1. The molecule has 0 saturated carbocycles. The third kappa shape index (κ3) is 5.52. The van der Waals surface area contributed by atoms with Gasteiger partial charge in [-0.3, -0.25) is 9.59 Å². The zero-order chi connectivity index (χ0) is 16.0. The highest BCUT2D eigenvalue weighted by molar-refractivity contribution is 5.92. The van der Waals surface area contributed by atoms with Crippen LogP contribution in [0, 0.1) is 5.92 Å². The number of urea groups is 1. The third-order valence-corrected chi connectivity index (χ3v) is 2.94. The highest BCUT2D eigenvalue weighted by Gasteiger charge is 2.20. The molecule has 7 nitrogen and oxygen atoms in total. The van der Waals surface area contributed by atoms with Crippen LogP contribution in [0.25, 0.3) is 0 Å². The van der Waals surface area contributed by atoms with E-state index in [1.54, 1.807) is 31.2 Å². The van der Waals surface area contributed by atoms with Crippen molar-refractivity contribution in [3.8, 4) is 0 Å². The number of carbonyl (C=O) groups is 3. The Morgan fingerprint density at radius 3 is 2.19 bits per heavy atom. The summed E-state index contributed by atoms with van der Waals surface area (Å²) in [7, 11) is 0. The average Bonchev–Trinajstić information content (AvgIpc) is 2.36. The molecule has 1 rings (SSSR count). The average molecular weight is 293 g/mol. The molecule has 114 valence electrons. The van der Waals surface area contributed by atoms with Gasteiger partial charge in [0.2, 0.25) is 5.91 Å². The molecule has 1 aromatic rings. The monoisotopic (exact) mass is 293 g/mol. The number of hydrogen-bond acceptors (Lipinski definition) is 3. The van der Waals surface area contributed by atoms with E-state index >= 15 is 0 Å². The van der Waals surface area contributed by atoms with E-state index in [1.165, 1.54) is 13.8 Å². The lowest BCUT2D eigenvalue weighted by Crippen LogP contribution is -2.42. The van der Waals surface area contributed by atoms with Gasteiger partial charge in [-0.05, 0) is 32.0 Å². The summed E-state index contributed by atoms with van der Waals surface area (Å²) in [6.07, 6.45) is 0. The maximum atomic E-state index is 11.8. The van der Waals surface area contributed by atoms with Crippen molar-refractivity contribution in [3.63, 3.8) is 0 Å². The van der Waals surface area contributed by atoms with Gasteiger partial charge in [-0.15, -0.1) is 0 Å². The van der Waals surface area contributed by atoms with E-state index in [1.807, 2.05) is 0 Å². The standard InChI is InChI=1S/C14H19N3O4/c1-8(13(19)20)9(2)15-14(21)17-12-6-4-5-11(7-12)16-10(3)18/h4-9H,1-3H3,(H,16,18)(H,19,20)(H2,15,17,21). The SMILES string of the molecule is CC(=O)Nc1cccc(NC(=O)NC(C)C(C)C(=O)O)c1. The van der Waals surface area contributed by atoms with Crippen molar-refractivity contribution in [3.05, 3.63) is 24.3 Å². The quantitative estimate of drug-likeness (QED) is 0.664. The van der Waals surface area contributed by atoms with Crippen molar-refractivity contribution in [1.82, 2.24) is 5.32 Å². The van der Waals surface area contributed by atoms with E-state index in [-0.39, 0.29) is 5.91 Å². The van der Waals surface area contributed by atoms with E-state index in [2.05, 4.69) is 16.0 Å². The number of amides is 3. The van der Waals surface area contributed by atoms with Crippen LogP contribution in [0.4, 0.5) is 16.2 Å². The fourth-order valence-electron chi connectivity index (χ4n) is 1.59. The molecule has 3 amide bonds. The first-order valence-corrected chi connectivity index (χ1v) is 6.47. The van der Waals surface area contributed by atoms with Crippen LogP contribution in [0.3, 0.4) is 0 Å². The molecule has 21 heavy (non-hydrogen) atoms. The molecule has 0 aromatic heterocycles. The van der Waals surface area contributed by atoms with Crippen LogP contribution >= 0.6 is 0 Å². The Hall–Kier alpha value is -2.57. The molecular weight excluding hydrogens is 274 g/mol. The molecule has 0 saturated heterocycles. The summed E-state index contributed by atoms with van der Waals surface area (Å²) in [5, 5.41) is 16.6. The van der Waals surface area contributed by atoms with Crippen LogP contribution in [0.5, 0.6) is 0 Å². The van der Waals surface area contributed by atoms with Gasteiger partial charge in [-0.25, -0.2) is 4.79 Å². The van der Waals surface area contributed by atoms with Crippen LogP contribution in [0.15, 0.2) is 24.3 Å². The molecular formula is C14H19N3O4. The lowest BCUT2D eigenvalue weighted by Gasteiger charge is -2.18. The maximum Gasteiger partial charge on any atom is 0.319 e. The highest BCUT2D eigenvalue weighted by atomic mass is 16.4. The van der Waals surface area contributed by atoms with E-state index in [0.29, 0.717) is 11.4 Å². The number of anilines is 2. The van der Waals surface area contributed by atoms with Gasteiger partial charge in [-0.2, -0.15) is 0 Å². The highest BCUT2D eigenvalue weighted by Crippen LogP contribution is 2.15. The molecule has 7 heteroatoms. The van der Waals surface area contributed by atoms with E-state index in [0.717, 1.165) is 0 Å². The number of carboxylic acid groups (broad SMARTS) is 1. The van der Waals surface area contributed by atoms with Crippen LogP contribution in [-0.2, 0) is 9.59 Å². The van der Waals surface area contributed by atoms with Crippen LogP contribution in [-0.4, -0.2) is 29.1 Å². The summed E-state index contributed by atoms with van der Waals surface area (Å²) in [6, 6.07) is 5.63. The lowest BCUT2D eigenvalue weighted by atomic mass is 10.0. The molecule has 0 heterocycles. The molecule has 0 aliphatic carbocycles. The van der Waals surface area contributed by atoms with Crippen molar-refractivity contribution in [2.75, 3.05) is 10.6 Å². The van der Waals surface area contributed by atoms with Crippen LogP contribution < -0.4 is 16.0 Å². The van der Waals surface area contributed by atoms with Gasteiger partial charge in [0, 0.05) is 24.3 Å². The minimum absolute atomic E-state index is 0.208. The van der Waals surface area contributed by atoms with Gasteiger partial charge in [-0.1, -0.05) is 6.07 Å². The third-order valence-electron chi connectivity index (χ3n) is 2.94. The van der Waals surface area contributed by atoms with Crippen LogP contribution in [0.2, 0.25) is 0 Å². The number of rotatable bonds is 5. The summed E-state index contributed by atoms with van der Waals surface area (Å²) in [5.41, 5.74) is 1.06. The van der Waals surface area contributed by atoms with Crippen molar-refractivity contribution in [2.24, 2.45) is 5.92 Å². The molecule has 1 aromatic carbocycles. The fraction of sp³-hybridized carbons (Fsp3) is 0.357. The minimum atomic E-state index is -0.976. The van der Waals surface area contributed by atoms with Gasteiger partial charge in [0.25, 0.3) is 0 Å². The zero-order valence-corrected chi connectivity index (χ0v) is 12.1. The van der Waals surface area contributed by atoms with Crippen molar-refractivity contribution < 1.29 is 19.5 Å². The Labute approximate surface area is 122 Å². The Balaban J connectivity index is 2.62. The number of nitrogens with one attached hydrogen (secondary N) is 3. The van der Waals surface area contributed by atoms with E-state index in [9.17, 15) is 14.4 Å². The number of hydrogen-bond donors (Lipinski definition) is 4. The van der Waals surface area contributed by atoms with Crippen molar-refractivity contribution in [2.45, 2.75) is 26.8 Å². The second kappa shape index (κ2) is 7.28. The molecule has 2 unspecified atom stereocenters. The second-order valence-electron chi connectivity index (χ2n) is 4.78. The van der Waals surface area contributed by atoms with Crippen molar-refractivity contribution >= 4 is 29.3 Å². The van der Waals surface area contributed by atoms with Gasteiger partial charge in [0.1, 0.15) is 0 Å². The lowest BCUT2D eigenvalue weighted by molar-refractivity contribution is -0.141. The largest absolute Gasteiger partial charge is 0.481 e. The molecule has 0 radical (unpaired) electrons. The predicted molar refractivity (Wildman–Crippen MR) is 79.2 cm³/mol. The van der Waals surface area contributed by atoms with Gasteiger partial charge >= 0.3 is 12.0 Å². The molecule has 0 spiro atoms. The maximum absolute atomic E-state index is 11.8. The molecule has 0 aliphatic rings. The Bertz CT molecular complexity index is 545. The number of carboxylic acids is 1. The smallest absolute Gasteiger partial charge is 0.319 e. The Kier molecular flexibility index (Phi) is 5.71. The summed E-state index contributed by atoms with van der Waals surface area (Å²) in [5.74, 6) is -1.88. The van der Waals surface area contributed by atoms with Gasteiger partial charge in [0.05, 0.1) is 5.92 Å². The summed E-state index contributed by atoms with van der Waals surface area (Å²) >= 11 is 0. The Morgan fingerprint density at radius 1 is 1.10 bits per heavy atom. The topological polar surface area (TPSA) is 108 Å². The second-order valence-corrected chi connectivity index (χ2v) is 4.78. The molecule has 0 fully saturated rings. The van der Waals surface area contributed by atoms with Gasteiger partial charge in [0.15, 0.2) is 0 Å². The minimum Gasteiger partial charge on any atom is -0.481 e. The number of carbonyl (C=O) groups excluding carboxylic acids is 2. The van der Waals surface area contributed by atoms with E-state index in [4.69, 9.17) is 5.11 Å². The molecule has 0 bridgehead atoms. The summed E-state index contributed by atoms with van der Waals surface area (Å²) in [4.78, 5) is 33.6. The zero-order valence-electron chi connectivity index (χ0n) is 12.1.